The number of fused-ring (bicyclic) bond motifs is 1. The largest absolute Gasteiger partial charge is 0.292 e. The number of carbonyl (C=O) groups is 1. The van der Waals surface area contributed by atoms with E-state index >= 15 is 0 Å². The highest BCUT2D eigenvalue weighted by Gasteiger charge is 2.16. The molecule has 0 aliphatic carbocycles. The van der Waals surface area contributed by atoms with Crippen LogP contribution in [0, 0.1) is 17.0 Å². The van der Waals surface area contributed by atoms with Crippen LogP contribution in [0.15, 0.2) is 52.4 Å². The van der Waals surface area contributed by atoms with Crippen LogP contribution in [0.2, 0.25) is 0 Å². The number of hydrogen-bond donors (Lipinski definition) is 1. The molecule has 0 aliphatic heterocycles. The van der Waals surface area contributed by atoms with Crippen molar-refractivity contribution in [2.75, 3.05) is 0 Å². The summed E-state index contributed by atoms with van der Waals surface area (Å²) in [6.45, 7) is 3.27. The molecule has 0 unspecified atom stereocenters. The first kappa shape index (κ1) is 18.9. The van der Waals surface area contributed by atoms with E-state index in [0.717, 1.165) is 4.68 Å². The molecule has 1 aromatic heterocycles. The molecule has 0 atom stereocenters. The van der Waals surface area contributed by atoms with Crippen molar-refractivity contribution in [3.8, 4) is 0 Å². The van der Waals surface area contributed by atoms with Gasteiger partial charge in [-0.2, -0.15) is 10.2 Å². The highest BCUT2D eigenvalue weighted by atomic mass is 16.6. The zero-order chi connectivity index (χ0) is 20.4. The van der Waals surface area contributed by atoms with Gasteiger partial charge in [0, 0.05) is 29.6 Å². The van der Waals surface area contributed by atoms with Gasteiger partial charge in [-0.05, 0) is 19.9 Å². The molecule has 9 nitrogen and oxygen atoms in total. The third-order valence-electron chi connectivity index (χ3n) is 4.32. The molecule has 0 spiro atoms. The van der Waals surface area contributed by atoms with Gasteiger partial charge in [0.05, 0.1) is 16.0 Å². The quantitative estimate of drug-likeness (QED) is 0.424. The predicted molar refractivity (Wildman–Crippen MR) is 104 cm³/mol. The number of hydrazone groups is 1. The molecule has 3 rings (SSSR count). The highest BCUT2D eigenvalue weighted by Crippen LogP contribution is 2.19. The van der Waals surface area contributed by atoms with Gasteiger partial charge in [0.2, 0.25) is 0 Å². The Balaban J connectivity index is 1.93. The number of nitro groups is 1. The van der Waals surface area contributed by atoms with Crippen molar-refractivity contribution >= 4 is 28.1 Å². The number of rotatable bonds is 4. The molecule has 1 N–H and O–H groups in total. The molecule has 142 valence electrons. The lowest BCUT2D eigenvalue weighted by Crippen LogP contribution is -2.27. The van der Waals surface area contributed by atoms with Crippen molar-refractivity contribution in [2.24, 2.45) is 12.1 Å². The van der Waals surface area contributed by atoms with Gasteiger partial charge in [0.15, 0.2) is 5.69 Å². The first-order valence-electron chi connectivity index (χ1n) is 8.35. The van der Waals surface area contributed by atoms with Gasteiger partial charge in [0.25, 0.3) is 17.2 Å². The third kappa shape index (κ3) is 3.50. The molecule has 3 aromatic rings. The monoisotopic (exact) mass is 379 g/mol. The molecule has 0 aliphatic rings. The standard InChI is InChI=1S/C19H17N5O4/c1-11-8-9-13(10-16(11)24(27)28)12(2)20-21-18(25)17-14-6-4-5-7-15(14)19(26)23(3)22-17/h4-10H,1-3H3,(H,21,25)/b20-12+. The Labute approximate surface area is 159 Å². The maximum absolute atomic E-state index is 12.6. The molecular weight excluding hydrogens is 362 g/mol. The Hall–Kier alpha value is -3.88. The van der Waals surface area contributed by atoms with Crippen LogP contribution in [0.5, 0.6) is 0 Å². The Morgan fingerprint density at radius 2 is 1.89 bits per heavy atom. The number of aryl methyl sites for hydroxylation is 2. The zero-order valence-electron chi connectivity index (χ0n) is 15.5. The van der Waals surface area contributed by atoms with Crippen LogP contribution >= 0.6 is 0 Å². The topological polar surface area (TPSA) is 119 Å². The molecule has 9 heteroatoms. The van der Waals surface area contributed by atoms with E-state index in [1.165, 1.54) is 13.1 Å². The van der Waals surface area contributed by atoms with Crippen LogP contribution in [-0.4, -0.2) is 26.3 Å². The van der Waals surface area contributed by atoms with Crippen molar-refractivity contribution in [1.82, 2.24) is 15.2 Å². The lowest BCUT2D eigenvalue weighted by Gasteiger charge is -2.07. The molecule has 1 heterocycles. The van der Waals surface area contributed by atoms with Gasteiger partial charge in [-0.15, -0.1) is 0 Å². The lowest BCUT2D eigenvalue weighted by atomic mass is 10.1. The van der Waals surface area contributed by atoms with Crippen molar-refractivity contribution in [2.45, 2.75) is 13.8 Å². The molecular formula is C19H17N5O4. The summed E-state index contributed by atoms with van der Waals surface area (Å²) in [4.78, 5) is 35.4. The maximum atomic E-state index is 12.6. The number of benzene rings is 2. The molecule has 2 aromatic carbocycles. The Morgan fingerprint density at radius 1 is 1.21 bits per heavy atom. The molecule has 0 saturated carbocycles. The average molecular weight is 379 g/mol. The molecule has 0 fully saturated rings. The average Bonchev–Trinajstić information content (AvgIpc) is 2.68. The van der Waals surface area contributed by atoms with Gasteiger partial charge in [0.1, 0.15) is 0 Å². The van der Waals surface area contributed by atoms with Crippen LogP contribution in [0.25, 0.3) is 10.8 Å². The van der Waals surface area contributed by atoms with E-state index in [9.17, 15) is 19.7 Å². The Bertz CT molecular complexity index is 1200. The van der Waals surface area contributed by atoms with Gasteiger partial charge in [-0.1, -0.05) is 30.3 Å². The fourth-order valence-electron chi connectivity index (χ4n) is 2.75. The SMILES string of the molecule is C/C(=N\NC(=O)c1nn(C)c(=O)c2ccccc12)c1ccc(C)c([N+](=O)[O-])c1. The van der Waals surface area contributed by atoms with Crippen LogP contribution in [0.3, 0.4) is 0 Å². The van der Waals surface area contributed by atoms with Gasteiger partial charge in [-0.25, -0.2) is 10.1 Å². The van der Waals surface area contributed by atoms with Gasteiger partial charge < -0.3 is 0 Å². The van der Waals surface area contributed by atoms with Crippen LogP contribution in [0.1, 0.15) is 28.5 Å². The van der Waals surface area contributed by atoms with E-state index in [-0.39, 0.29) is 16.9 Å². The van der Waals surface area contributed by atoms with Crippen molar-refractivity contribution in [1.29, 1.82) is 0 Å². The number of nitrogens with one attached hydrogen (secondary N) is 1. The summed E-state index contributed by atoms with van der Waals surface area (Å²) in [5.41, 5.74) is 3.57. The summed E-state index contributed by atoms with van der Waals surface area (Å²) < 4.78 is 1.09. The predicted octanol–water partition coefficient (Wildman–Crippen LogP) is 2.30. The van der Waals surface area contributed by atoms with Crippen LogP contribution in [-0.2, 0) is 7.05 Å². The second-order valence-electron chi connectivity index (χ2n) is 6.22. The minimum atomic E-state index is -0.590. The highest BCUT2D eigenvalue weighted by molar-refractivity contribution is 6.06. The van der Waals surface area contributed by atoms with E-state index in [1.54, 1.807) is 50.2 Å². The van der Waals surface area contributed by atoms with E-state index in [1.807, 2.05) is 0 Å². The van der Waals surface area contributed by atoms with Crippen molar-refractivity contribution < 1.29 is 9.72 Å². The number of aromatic nitrogens is 2. The minimum Gasteiger partial charge on any atom is -0.267 e. The van der Waals surface area contributed by atoms with Crippen molar-refractivity contribution in [3.63, 3.8) is 0 Å². The fraction of sp³-hybridized carbons (Fsp3) is 0.158. The van der Waals surface area contributed by atoms with Gasteiger partial charge in [-0.3, -0.25) is 19.7 Å². The number of hydrogen-bond acceptors (Lipinski definition) is 6. The number of amides is 1. The summed E-state index contributed by atoms with van der Waals surface area (Å²) in [5, 5.41) is 19.9. The van der Waals surface area contributed by atoms with E-state index in [0.29, 0.717) is 27.6 Å². The molecule has 28 heavy (non-hydrogen) atoms. The third-order valence-corrected chi connectivity index (χ3v) is 4.32. The second kappa shape index (κ2) is 7.39. The maximum Gasteiger partial charge on any atom is 0.292 e. The summed E-state index contributed by atoms with van der Waals surface area (Å²) in [7, 11) is 1.46. The van der Waals surface area contributed by atoms with Crippen LogP contribution < -0.4 is 11.0 Å². The number of carbonyl (C=O) groups excluding carboxylic acids is 1. The summed E-state index contributed by atoms with van der Waals surface area (Å²) in [6.07, 6.45) is 0. The second-order valence-corrected chi connectivity index (χ2v) is 6.22. The fourth-order valence-corrected chi connectivity index (χ4v) is 2.75. The smallest absolute Gasteiger partial charge is 0.267 e. The minimum absolute atomic E-state index is 0.0240. The van der Waals surface area contributed by atoms with E-state index < -0.39 is 10.8 Å². The molecule has 1 amide bonds. The van der Waals surface area contributed by atoms with Crippen molar-refractivity contribution in [3.05, 3.63) is 79.8 Å². The van der Waals surface area contributed by atoms with Crippen LogP contribution in [0.4, 0.5) is 5.69 Å². The lowest BCUT2D eigenvalue weighted by molar-refractivity contribution is -0.385. The summed E-state index contributed by atoms with van der Waals surface area (Å²) >= 11 is 0. The number of nitro benzene ring substituents is 1. The molecule has 0 radical (unpaired) electrons. The zero-order valence-corrected chi connectivity index (χ0v) is 15.5. The summed E-state index contributed by atoms with van der Waals surface area (Å²) in [5.74, 6) is -0.590. The van der Waals surface area contributed by atoms with Gasteiger partial charge >= 0.3 is 0 Å². The Morgan fingerprint density at radius 3 is 2.57 bits per heavy atom. The van der Waals surface area contributed by atoms with E-state index in [4.69, 9.17) is 0 Å². The molecule has 0 bridgehead atoms. The normalized spacial score (nSPS) is 11.5. The summed E-state index contributed by atoms with van der Waals surface area (Å²) in [6, 6.07) is 11.4. The number of nitrogens with zero attached hydrogens (tertiary/aromatic N) is 4. The first-order valence-corrected chi connectivity index (χ1v) is 8.35. The van der Waals surface area contributed by atoms with E-state index in [2.05, 4.69) is 15.6 Å². The Kier molecular flexibility index (Phi) is 4.99. The molecule has 0 saturated heterocycles. The first-order chi connectivity index (χ1) is 13.3.